The van der Waals surface area contributed by atoms with Gasteiger partial charge in [0, 0.05) is 37.8 Å². The van der Waals surface area contributed by atoms with Crippen molar-refractivity contribution in [3.63, 3.8) is 0 Å². The molecule has 0 saturated carbocycles. The van der Waals surface area contributed by atoms with Crippen LogP contribution in [-0.2, 0) is 4.74 Å². The van der Waals surface area contributed by atoms with Crippen molar-refractivity contribution in [1.29, 1.82) is 0 Å². The van der Waals surface area contributed by atoms with Crippen LogP contribution in [0.5, 0.6) is 0 Å². The average molecular weight is 323 g/mol. The molecule has 0 aliphatic heterocycles. The van der Waals surface area contributed by atoms with E-state index in [0.717, 1.165) is 0 Å². The van der Waals surface area contributed by atoms with Crippen LogP contribution in [0.3, 0.4) is 0 Å². The highest BCUT2D eigenvalue weighted by Crippen LogP contribution is 2.24. The Morgan fingerprint density at radius 3 is 2.57 bits per heavy atom. The zero-order valence-electron chi connectivity index (χ0n) is 14.3. The van der Waals surface area contributed by atoms with Crippen LogP contribution in [-0.4, -0.2) is 41.7 Å². The number of nitro groups is 1. The number of benzene rings is 1. The van der Waals surface area contributed by atoms with Crippen molar-refractivity contribution < 1.29 is 14.5 Å². The fourth-order valence-electron chi connectivity index (χ4n) is 2.01. The van der Waals surface area contributed by atoms with Gasteiger partial charge in [-0.3, -0.25) is 10.1 Å². The Balaban J connectivity index is 2.53. The van der Waals surface area contributed by atoms with Gasteiger partial charge in [-0.2, -0.15) is 0 Å². The third-order valence-electron chi connectivity index (χ3n) is 3.20. The standard InChI is InChI=1S/C16H25N3O4/c1-12(13-8-6-7-9-14(13)19(21)22)17-10-11-18(5)15(20)23-16(2,3)4/h6-9,12,17H,10-11H2,1-5H3. The number of hydrogen-bond donors (Lipinski definition) is 1. The molecule has 0 spiro atoms. The van der Waals surface area contributed by atoms with Gasteiger partial charge in [-0.15, -0.1) is 0 Å². The van der Waals surface area contributed by atoms with E-state index in [1.54, 1.807) is 25.2 Å². The smallest absolute Gasteiger partial charge is 0.410 e. The second-order valence-electron chi connectivity index (χ2n) is 6.39. The molecule has 1 unspecified atom stereocenters. The van der Waals surface area contributed by atoms with Crippen molar-refractivity contribution in [2.75, 3.05) is 20.1 Å². The Morgan fingerprint density at radius 1 is 1.39 bits per heavy atom. The van der Waals surface area contributed by atoms with E-state index in [1.807, 2.05) is 27.7 Å². The molecule has 1 N–H and O–H groups in total. The molecule has 1 rings (SSSR count). The minimum absolute atomic E-state index is 0.0907. The highest BCUT2D eigenvalue weighted by atomic mass is 16.6. The predicted octanol–water partition coefficient (Wildman–Crippen LogP) is 3.11. The molecule has 1 atom stereocenters. The zero-order chi connectivity index (χ0) is 17.6. The first-order valence-electron chi connectivity index (χ1n) is 7.52. The third-order valence-corrected chi connectivity index (χ3v) is 3.20. The first-order valence-corrected chi connectivity index (χ1v) is 7.52. The maximum absolute atomic E-state index is 11.8. The fourth-order valence-corrected chi connectivity index (χ4v) is 2.01. The molecule has 23 heavy (non-hydrogen) atoms. The number of hydrogen-bond acceptors (Lipinski definition) is 5. The summed E-state index contributed by atoms with van der Waals surface area (Å²) in [4.78, 5) is 24.0. The Kier molecular flexibility index (Phi) is 6.50. The molecule has 1 aromatic carbocycles. The third kappa shape index (κ3) is 6.23. The minimum atomic E-state index is -0.531. The molecule has 0 fully saturated rings. The van der Waals surface area contributed by atoms with Gasteiger partial charge in [0.1, 0.15) is 5.60 Å². The van der Waals surface area contributed by atoms with Crippen molar-refractivity contribution >= 4 is 11.8 Å². The second kappa shape index (κ2) is 7.92. The normalized spacial score (nSPS) is 12.6. The number of para-hydroxylation sites is 1. The van der Waals surface area contributed by atoms with Crippen molar-refractivity contribution in [2.45, 2.75) is 39.3 Å². The Hall–Kier alpha value is -2.15. The van der Waals surface area contributed by atoms with Gasteiger partial charge in [0.25, 0.3) is 5.69 Å². The number of rotatable bonds is 6. The van der Waals surface area contributed by atoms with Crippen LogP contribution in [0.1, 0.15) is 39.3 Å². The van der Waals surface area contributed by atoms with E-state index in [1.165, 1.54) is 11.0 Å². The summed E-state index contributed by atoms with van der Waals surface area (Å²) >= 11 is 0. The molecule has 0 aromatic heterocycles. The molecular weight excluding hydrogens is 298 g/mol. The highest BCUT2D eigenvalue weighted by Gasteiger charge is 2.20. The van der Waals surface area contributed by atoms with Crippen LogP contribution in [0.25, 0.3) is 0 Å². The molecule has 1 amide bonds. The first kappa shape index (κ1) is 18.9. The number of carbonyl (C=O) groups is 1. The topological polar surface area (TPSA) is 84.7 Å². The van der Waals surface area contributed by atoms with Crippen molar-refractivity contribution in [3.05, 3.63) is 39.9 Å². The molecule has 0 aliphatic rings. The van der Waals surface area contributed by atoms with Gasteiger partial charge in [-0.1, -0.05) is 18.2 Å². The van der Waals surface area contributed by atoms with E-state index in [-0.39, 0.29) is 16.7 Å². The van der Waals surface area contributed by atoms with Crippen LogP contribution in [0.2, 0.25) is 0 Å². The number of carbonyl (C=O) groups excluding carboxylic acids is 1. The van der Waals surface area contributed by atoms with Gasteiger partial charge >= 0.3 is 6.09 Å². The minimum Gasteiger partial charge on any atom is -0.444 e. The van der Waals surface area contributed by atoms with Crippen molar-refractivity contribution in [1.82, 2.24) is 10.2 Å². The van der Waals surface area contributed by atoms with E-state index in [0.29, 0.717) is 18.7 Å². The predicted molar refractivity (Wildman–Crippen MR) is 88.4 cm³/mol. The highest BCUT2D eigenvalue weighted by molar-refractivity contribution is 5.67. The van der Waals surface area contributed by atoms with Crippen LogP contribution >= 0.6 is 0 Å². The van der Waals surface area contributed by atoms with E-state index in [2.05, 4.69) is 5.32 Å². The Morgan fingerprint density at radius 2 is 2.00 bits per heavy atom. The monoisotopic (exact) mass is 323 g/mol. The number of nitrogens with one attached hydrogen (secondary N) is 1. The summed E-state index contributed by atoms with van der Waals surface area (Å²) < 4.78 is 5.26. The van der Waals surface area contributed by atoms with Gasteiger partial charge in [0.15, 0.2) is 0 Å². The van der Waals surface area contributed by atoms with Crippen LogP contribution in [0.15, 0.2) is 24.3 Å². The summed E-state index contributed by atoms with van der Waals surface area (Å²) in [5.41, 5.74) is 0.182. The van der Waals surface area contributed by atoms with Crippen molar-refractivity contribution in [3.8, 4) is 0 Å². The first-order chi connectivity index (χ1) is 10.6. The van der Waals surface area contributed by atoms with E-state index in [9.17, 15) is 14.9 Å². The van der Waals surface area contributed by atoms with Crippen LogP contribution < -0.4 is 5.32 Å². The van der Waals surface area contributed by atoms with Gasteiger partial charge in [-0.25, -0.2) is 4.79 Å². The number of nitrogens with zero attached hydrogens (tertiary/aromatic N) is 2. The molecule has 0 radical (unpaired) electrons. The molecule has 7 heteroatoms. The zero-order valence-corrected chi connectivity index (χ0v) is 14.3. The lowest BCUT2D eigenvalue weighted by atomic mass is 10.1. The molecule has 0 aliphatic carbocycles. The van der Waals surface area contributed by atoms with Crippen LogP contribution in [0.4, 0.5) is 10.5 Å². The van der Waals surface area contributed by atoms with E-state index in [4.69, 9.17) is 4.74 Å². The molecule has 0 bridgehead atoms. The second-order valence-corrected chi connectivity index (χ2v) is 6.39. The molecule has 0 saturated heterocycles. The molecular formula is C16H25N3O4. The maximum Gasteiger partial charge on any atom is 0.410 e. The summed E-state index contributed by atoms with van der Waals surface area (Å²) in [5.74, 6) is 0. The summed E-state index contributed by atoms with van der Waals surface area (Å²) in [5, 5.41) is 14.2. The van der Waals surface area contributed by atoms with Gasteiger partial charge in [0.2, 0.25) is 0 Å². The Bertz CT molecular complexity index is 555. The fraction of sp³-hybridized carbons (Fsp3) is 0.562. The number of likely N-dealkylation sites (N-methyl/N-ethyl adjacent to an activating group) is 1. The SMILES string of the molecule is CC(NCCN(C)C(=O)OC(C)(C)C)c1ccccc1[N+](=O)[O-]. The Labute approximate surface area is 136 Å². The van der Waals surface area contributed by atoms with E-state index >= 15 is 0 Å². The van der Waals surface area contributed by atoms with Gasteiger partial charge in [-0.05, 0) is 27.7 Å². The lowest BCUT2D eigenvalue weighted by Crippen LogP contribution is -2.38. The lowest BCUT2D eigenvalue weighted by molar-refractivity contribution is -0.385. The molecule has 0 heterocycles. The lowest BCUT2D eigenvalue weighted by Gasteiger charge is -2.25. The molecule has 128 valence electrons. The number of ether oxygens (including phenoxy) is 1. The summed E-state index contributed by atoms with van der Waals surface area (Å²) in [6.07, 6.45) is -0.391. The summed E-state index contributed by atoms with van der Waals surface area (Å²) in [7, 11) is 1.66. The molecule has 7 nitrogen and oxygen atoms in total. The van der Waals surface area contributed by atoms with Crippen molar-refractivity contribution in [2.24, 2.45) is 0 Å². The number of nitro benzene ring substituents is 1. The number of amides is 1. The largest absolute Gasteiger partial charge is 0.444 e. The van der Waals surface area contributed by atoms with Gasteiger partial charge in [0.05, 0.1) is 4.92 Å². The average Bonchev–Trinajstić information content (AvgIpc) is 2.45. The maximum atomic E-state index is 11.8. The summed E-state index contributed by atoms with van der Waals surface area (Å²) in [6, 6.07) is 6.44. The van der Waals surface area contributed by atoms with E-state index < -0.39 is 11.7 Å². The summed E-state index contributed by atoms with van der Waals surface area (Å²) in [6.45, 7) is 8.24. The quantitative estimate of drug-likeness (QED) is 0.642. The molecule has 1 aromatic rings. The van der Waals surface area contributed by atoms with Crippen LogP contribution in [0, 0.1) is 10.1 Å². The van der Waals surface area contributed by atoms with Gasteiger partial charge < -0.3 is 15.0 Å².